The molecule has 2 amide bonds. The highest BCUT2D eigenvalue weighted by Gasteiger charge is 2.30. The molecular formula is C15H17N3O2S. The molecule has 0 fully saturated rings. The lowest BCUT2D eigenvalue weighted by molar-refractivity contribution is 0.135. The van der Waals surface area contributed by atoms with E-state index in [4.69, 9.17) is 0 Å². The normalized spacial score (nSPS) is 17.4. The van der Waals surface area contributed by atoms with Crippen LogP contribution in [0.4, 0.5) is 9.93 Å². The summed E-state index contributed by atoms with van der Waals surface area (Å²) in [5.41, 5.74) is 3.11. The summed E-state index contributed by atoms with van der Waals surface area (Å²) in [6.45, 7) is 2.40. The second-order valence-corrected chi connectivity index (χ2v) is 5.92. The highest BCUT2D eigenvalue weighted by molar-refractivity contribution is 7.13. The lowest BCUT2D eigenvalue weighted by Gasteiger charge is -2.36. The summed E-state index contributed by atoms with van der Waals surface area (Å²) in [5, 5.41) is 15.0. The first kappa shape index (κ1) is 14.0. The molecule has 1 aromatic carbocycles. The molecule has 110 valence electrons. The molecule has 3 rings (SSSR count). The molecule has 1 aliphatic heterocycles. The fourth-order valence-electron chi connectivity index (χ4n) is 2.67. The number of hydrogen-bond donors (Lipinski definition) is 2. The van der Waals surface area contributed by atoms with Crippen LogP contribution in [0.1, 0.15) is 22.9 Å². The minimum atomic E-state index is -0.295. The molecule has 5 nitrogen and oxygen atoms in total. The number of hydrogen-bond acceptors (Lipinski definition) is 4. The molecule has 0 bridgehead atoms. The number of aryl methyl sites for hydroxylation is 1. The van der Waals surface area contributed by atoms with Crippen LogP contribution < -0.4 is 5.32 Å². The van der Waals surface area contributed by atoms with Crippen LogP contribution in [0.5, 0.6) is 0 Å². The van der Waals surface area contributed by atoms with Gasteiger partial charge in [-0.1, -0.05) is 24.3 Å². The Bertz CT molecular complexity index is 656. The number of benzene rings is 1. The number of amides is 2. The van der Waals surface area contributed by atoms with Crippen molar-refractivity contribution in [3.8, 4) is 0 Å². The molecule has 2 aromatic rings. The first-order chi connectivity index (χ1) is 10.2. The van der Waals surface area contributed by atoms with Crippen LogP contribution in [-0.2, 0) is 6.42 Å². The molecule has 1 unspecified atom stereocenters. The zero-order valence-corrected chi connectivity index (χ0v) is 12.6. The molecule has 1 atom stereocenters. The number of nitrogens with one attached hydrogen (secondary N) is 1. The molecule has 0 radical (unpaired) electrons. The molecule has 1 aromatic heterocycles. The molecule has 2 heterocycles. The number of anilines is 1. The first-order valence-electron chi connectivity index (χ1n) is 6.87. The van der Waals surface area contributed by atoms with Gasteiger partial charge in [0, 0.05) is 11.9 Å². The van der Waals surface area contributed by atoms with E-state index in [1.165, 1.54) is 16.9 Å². The Morgan fingerprint density at radius 2 is 2.33 bits per heavy atom. The van der Waals surface area contributed by atoms with Gasteiger partial charge in [-0.15, -0.1) is 11.3 Å². The molecule has 6 heteroatoms. The summed E-state index contributed by atoms with van der Waals surface area (Å²) in [7, 11) is 0. The van der Waals surface area contributed by atoms with Gasteiger partial charge in [-0.05, 0) is 24.5 Å². The van der Waals surface area contributed by atoms with Crippen LogP contribution in [0, 0.1) is 6.92 Å². The first-order valence-corrected chi connectivity index (χ1v) is 7.75. The van der Waals surface area contributed by atoms with E-state index in [2.05, 4.69) is 16.4 Å². The van der Waals surface area contributed by atoms with E-state index in [0.29, 0.717) is 11.7 Å². The second kappa shape index (κ2) is 5.83. The van der Waals surface area contributed by atoms with E-state index in [9.17, 15) is 9.90 Å². The van der Waals surface area contributed by atoms with E-state index in [-0.39, 0.29) is 18.7 Å². The summed E-state index contributed by atoms with van der Waals surface area (Å²) in [5.74, 6) is 0. The number of carbonyl (C=O) groups excluding carboxylic acids is 1. The summed E-state index contributed by atoms with van der Waals surface area (Å²) in [4.78, 5) is 18.3. The molecule has 0 saturated carbocycles. The lowest BCUT2D eigenvalue weighted by Crippen LogP contribution is -2.43. The number of urea groups is 1. The van der Waals surface area contributed by atoms with Crippen LogP contribution in [-0.4, -0.2) is 34.2 Å². The Hall–Kier alpha value is -1.92. The number of fused-ring (bicyclic) bond motifs is 1. The maximum absolute atomic E-state index is 12.4. The van der Waals surface area contributed by atoms with Gasteiger partial charge in [-0.25, -0.2) is 9.78 Å². The van der Waals surface area contributed by atoms with E-state index in [1.54, 1.807) is 4.90 Å². The van der Waals surface area contributed by atoms with Gasteiger partial charge in [-0.3, -0.25) is 5.32 Å². The molecule has 0 spiro atoms. The Balaban J connectivity index is 1.80. The number of aliphatic hydroxyl groups is 1. The smallest absolute Gasteiger partial charge is 0.324 e. The van der Waals surface area contributed by atoms with Crippen molar-refractivity contribution < 1.29 is 9.90 Å². The fourth-order valence-corrected chi connectivity index (χ4v) is 3.34. The summed E-state index contributed by atoms with van der Waals surface area (Å²) in [6.07, 6.45) is 0.803. The second-order valence-electron chi connectivity index (χ2n) is 5.06. The molecular weight excluding hydrogens is 286 g/mol. The summed E-state index contributed by atoms with van der Waals surface area (Å²) in [6, 6.07) is 7.45. The zero-order valence-electron chi connectivity index (χ0n) is 11.7. The predicted octanol–water partition coefficient (Wildman–Crippen LogP) is 2.58. The maximum atomic E-state index is 12.4. The van der Waals surface area contributed by atoms with E-state index in [0.717, 1.165) is 17.7 Å². The van der Waals surface area contributed by atoms with Crippen LogP contribution in [0.15, 0.2) is 29.6 Å². The van der Waals surface area contributed by atoms with Gasteiger partial charge in [0.05, 0.1) is 18.3 Å². The maximum Gasteiger partial charge on any atom is 0.324 e. The number of thiazole rings is 1. The Morgan fingerprint density at radius 3 is 3.05 bits per heavy atom. The van der Waals surface area contributed by atoms with Crippen molar-refractivity contribution in [2.45, 2.75) is 19.4 Å². The van der Waals surface area contributed by atoms with Crippen molar-refractivity contribution in [1.82, 2.24) is 9.88 Å². The quantitative estimate of drug-likeness (QED) is 0.896. The van der Waals surface area contributed by atoms with Gasteiger partial charge in [0.15, 0.2) is 5.13 Å². The SMILES string of the molecule is Cc1csc(NC(=O)N2CCc3ccccc3C2CO)n1. The number of aliphatic hydroxyl groups excluding tert-OH is 1. The molecule has 1 aliphatic rings. The lowest BCUT2D eigenvalue weighted by atomic mass is 9.93. The summed E-state index contributed by atoms with van der Waals surface area (Å²) >= 11 is 1.40. The highest BCUT2D eigenvalue weighted by Crippen LogP contribution is 2.30. The number of aromatic nitrogens is 1. The number of nitrogens with zero attached hydrogens (tertiary/aromatic N) is 2. The van der Waals surface area contributed by atoms with Crippen LogP contribution >= 0.6 is 11.3 Å². The van der Waals surface area contributed by atoms with Crippen molar-refractivity contribution in [1.29, 1.82) is 0 Å². The predicted molar refractivity (Wildman–Crippen MR) is 82.5 cm³/mol. The van der Waals surface area contributed by atoms with Crippen molar-refractivity contribution in [3.63, 3.8) is 0 Å². The van der Waals surface area contributed by atoms with Crippen molar-refractivity contribution in [2.24, 2.45) is 0 Å². The standard InChI is InChI=1S/C15H17N3O2S/c1-10-9-21-14(16-10)17-15(20)18-7-6-11-4-2-3-5-12(11)13(18)8-19/h2-5,9,13,19H,6-8H2,1H3,(H,16,17,20). The van der Waals surface area contributed by atoms with Gasteiger partial charge >= 0.3 is 6.03 Å². The molecule has 21 heavy (non-hydrogen) atoms. The van der Waals surface area contributed by atoms with Crippen LogP contribution in [0.25, 0.3) is 0 Å². The largest absolute Gasteiger partial charge is 0.394 e. The van der Waals surface area contributed by atoms with Crippen molar-refractivity contribution >= 4 is 22.5 Å². The van der Waals surface area contributed by atoms with Crippen molar-refractivity contribution in [2.75, 3.05) is 18.5 Å². The van der Waals surface area contributed by atoms with Gasteiger partial charge < -0.3 is 10.0 Å². The topological polar surface area (TPSA) is 65.5 Å². The zero-order chi connectivity index (χ0) is 14.8. The minimum Gasteiger partial charge on any atom is -0.394 e. The average molecular weight is 303 g/mol. The van der Waals surface area contributed by atoms with E-state index < -0.39 is 0 Å². The van der Waals surface area contributed by atoms with Gasteiger partial charge in [0.25, 0.3) is 0 Å². The van der Waals surface area contributed by atoms with E-state index in [1.807, 2.05) is 30.5 Å². The third-order valence-electron chi connectivity index (χ3n) is 3.68. The third-order valence-corrected chi connectivity index (χ3v) is 4.55. The summed E-state index contributed by atoms with van der Waals surface area (Å²) < 4.78 is 0. The van der Waals surface area contributed by atoms with Crippen molar-refractivity contribution in [3.05, 3.63) is 46.5 Å². The molecule has 2 N–H and O–H groups in total. The van der Waals surface area contributed by atoms with Crippen LogP contribution in [0.2, 0.25) is 0 Å². The average Bonchev–Trinajstić information content (AvgIpc) is 2.91. The van der Waals surface area contributed by atoms with Gasteiger partial charge in [-0.2, -0.15) is 0 Å². The molecule has 0 saturated heterocycles. The minimum absolute atomic E-state index is 0.0820. The molecule has 0 aliphatic carbocycles. The van der Waals surface area contributed by atoms with Gasteiger partial charge in [0.1, 0.15) is 0 Å². The fraction of sp³-hybridized carbons (Fsp3) is 0.333. The number of rotatable bonds is 2. The van der Waals surface area contributed by atoms with Crippen LogP contribution in [0.3, 0.4) is 0 Å². The monoisotopic (exact) mass is 303 g/mol. The van der Waals surface area contributed by atoms with Gasteiger partial charge in [0.2, 0.25) is 0 Å². The number of carbonyl (C=O) groups is 1. The van der Waals surface area contributed by atoms with E-state index >= 15 is 0 Å². The Kier molecular flexibility index (Phi) is 3.90. The third kappa shape index (κ3) is 2.77. The Labute approximate surface area is 127 Å². The highest BCUT2D eigenvalue weighted by atomic mass is 32.1. The Morgan fingerprint density at radius 1 is 1.52 bits per heavy atom.